The third-order valence-corrected chi connectivity index (χ3v) is 4.83. The van der Waals surface area contributed by atoms with E-state index in [4.69, 9.17) is 10.2 Å². The van der Waals surface area contributed by atoms with Gasteiger partial charge < -0.3 is 15.1 Å². The molecule has 124 valence electrons. The second-order valence-electron chi connectivity index (χ2n) is 5.32. The Balaban J connectivity index is 1.98. The Kier molecular flexibility index (Phi) is 4.61. The van der Waals surface area contributed by atoms with Crippen molar-refractivity contribution in [3.8, 4) is 11.5 Å². The normalized spacial score (nSPS) is 10.8. The molecule has 3 aromatic rings. The fourth-order valence-corrected chi connectivity index (χ4v) is 3.47. The van der Waals surface area contributed by atoms with Crippen molar-refractivity contribution in [2.75, 3.05) is 17.7 Å². The van der Waals surface area contributed by atoms with Crippen LogP contribution in [0, 0.1) is 0 Å². The molecule has 0 amide bonds. The Morgan fingerprint density at radius 3 is 2.71 bits per heavy atom. The molecule has 0 spiro atoms. The van der Waals surface area contributed by atoms with E-state index < -0.39 is 0 Å². The van der Waals surface area contributed by atoms with Gasteiger partial charge in [-0.3, -0.25) is 4.99 Å². The van der Waals surface area contributed by atoms with Crippen LogP contribution in [0.3, 0.4) is 0 Å². The largest absolute Gasteiger partial charge is 0.463 e. The van der Waals surface area contributed by atoms with Crippen molar-refractivity contribution in [2.45, 2.75) is 19.9 Å². The third-order valence-electron chi connectivity index (χ3n) is 3.62. The lowest BCUT2D eigenvalue weighted by molar-refractivity contribution is 0.580. The highest BCUT2D eigenvalue weighted by molar-refractivity contribution is 7.12. The van der Waals surface area contributed by atoms with Crippen LogP contribution in [-0.2, 0) is 13.0 Å². The summed E-state index contributed by atoms with van der Waals surface area (Å²) in [6.07, 6.45) is 2.62. The van der Waals surface area contributed by atoms with Gasteiger partial charge in [-0.05, 0) is 37.4 Å². The molecular formula is C17H19N5OS. The first-order valence-corrected chi connectivity index (χ1v) is 8.40. The average Bonchev–Trinajstić information content (AvgIpc) is 3.25. The maximum atomic E-state index is 5.90. The number of furan rings is 1. The highest BCUT2D eigenvalue weighted by atomic mass is 32.1. The van der Waals surface area contributed by atoms with Gasteiger partial charge in [-0.1, -0.05) is 6.92 Å². The van der Waals surface area contributed by atoms with Gasteiger partial charge in [-0.25, -0.2) is 4.98 Å². The molecule has 3 rings (SSSR count). The number of anilines is 2. The van der Waals surface area contributed by atoms with Crippen LogP contribution in [0.15, 0.2) is 39.9 Å². The molecule has 0 aromatic carbocycles. The number of hydrogen-bond acceptors (Lipinski definition) is 7. The van der Waals surface area contributed by atoms with E-state index in [1.807, 2.05) is 18.0 Å². The minimum absolute atomic E-state index is 0.177. The standard InChI is InChI=1S/C17H19N5OS/c1-4-11-7-8-12(24-11)10-22(3)16-15(19-2)14(20-17(18)21-16)13-6-5-9-23-13/h5-9H,2,4,10H2,1,3H3,(H2,18,20,21). The van der Waals surface area contributed by atoms with Gasteiger partial charge in [0.1, 0.15) is 11.4 Å². The molecule has 0 bridgehead atoms. The molecule has 7 heteroatoms. The van der Waals surface area contributed by atoms with E-state index in [-0.39, 0.29) is 5.95 Å². The topological polar surface area (TPSA) is 80.5 Å². The molecule has 2 N–H and O–H groups in total. The summed E-state index contributed by atoms with van der Waals surface area (Å²) < 4.78 is 5.44. The quantitative estimate of drug-likeness (QED) is 0.688. The molecular weight excluding hydrogens is 322 g/mol. The fourth-order valence-electron chi connectivity index (χ4n) is 2.46. The van der Waals surface area contributed by atoms with Gasteiger partial charge in [0.2, 0.25) is 5.95 Å². The molecule has 24 heavy (non-hydrogen) atoms. The van der Waals surface area contributed by atoms with E-state index >= 15 is 0 Å². The van der Waals surface area contributed by atoms with E-state index in [1.54, 1.807) is 23.7 Å². The van der Waals surface area contributed by atoms with Gasteiger partial charge in [0.25, 0.3) is 0 Å². The number of aliphatic imine (C=N–C) groups is 1. The number of aryl methyl sites for hydroxylation is 1. The summed E-state index contributed by atoms with van der Waals surface area (Å²) in [6.45, 7) is 6.52. The SMILES string of the molecule is C=Nc1c(-c2ccco2)nc(N)nc1N(C)Cc1ccc(CC)s1. The van der Waals surface area contributed by atoms with Crippen molar-refractivity contribution in [1.82, 2.24) is 9.97 Å². The molecule has 0 unspecified atom stereocenters. The number of aromatic nitrogens is 2. The Hall–Kier alpha value is -2.67. The molecule has 0 aliphatic heterocycles. The van der Waals surface area contributed by atoms with Crippen molar-refractivity contribution in [3.63, 3.8) is 0 Å². The zero-order valence-electron chi connectivity index (χ0n) is 13.7. The van der Waals surface area contributed by atoms with Crippen LogP contribution in [0.25, 0.3) is 11.5 Å². The molecule has 0 radical (unpaired) electrons. The summed E-state index contributed by atoms with van der Waals surface area (Å²) in [4.78, 5) is 17.4. The van der Waals surface area contributed by atoms with E-state index in [9.17, 15) is 0 Å². The predicted molar refractivity (Wildman–Crippen MR) is 99.2 cm³/mol. The molecule has 0 fully saturated rings. The fraction of sp³-hybridized carbons (Fsp3) is 0.235. The van der Waals surface area contributed by atoms with Crippen molar-refractivity contribution in [3.05, 3.63) is 40.3 Å². The zero-order chi connectivity index (χ0) is 17.1. The molecule has 3 aromatic heterocycles. The van der Waals surface area contributed by atoms with E-state index in [2.05, 4.69) is 40.7 Å². The van der Waals surface area contributed by atoms with Gasteiger partial charge in [-0.15, -0.1) is 11.3 Å². The highest BCUT2D eigenvalue weighted by Crippen LogP contribution is 2.37. The van der Waals surface area contributed by atoms with Crippen molar-refractivity contribution in [2.24, 2.45) is 4.99 Å². The van der Waals surface area contributed by atoms with Crippen LogP contribution in [0.4, 0.5) is 17.5 Å². The van der Waals surface area contributed by atoms with Crippen LogP contribution in [-0.4, -0.2) is 23.7 Å². The first-order chi connectivity index (χ1) is 11.6. The van der Waals surface area contributed by atoms with Crippen LogP contribution in [0.1, 0.15) is 16.7 Å². The van der Waals surface area contributed by atoms with Crippen molar-refractivity contribution >= 4 is 35.5 Å². The monoisotopic (exact) mass is 341 g/mol. The molecule has 0 aliphatic rings. The third kappa shape index (κ3) is 3.16. The second-order valence-corrected chi connectivity index (χ2v) is 6.57. The Morgan fingerprint density at radius 1 is 1.29 bits per heavy atom. The summed E-state index contributed by atoms with van der Waals surface area (Å²) in [5.41, 5.74) is 7.01. The number of thiophene rings is 1. The van der Waals surface area contributed by atoms with Crippen LogP contribution in [0.2, 0.25) is 0 Å². The minimum atomic E-state index is 0.177. The number of nitrogen functional groups attached to an aromatic ring is 1. The first-order valence-electron chi connectivity index (χ1n) is 7.59. The van der Waals surface area contributed by atoms with Crippen molar-refractivity contribution in [1.29, 1.82) is 0 Å². The predicted octanol–water partition coefficient (Wildman–Crippen LogP) is 3.91. The molecule has 0 saturated carbocycles. The average molecular weight is 341 g/mol. The van der Waals surface area contributed by atoms with Crippen LogP contribution in [0.5, 0.6) is 0 Å². The summed E-state index contributed by atoms with van der Waals surface area (Å²) in [5, 5.41) is 0. The highest BCUT2D eigenvalue weighted by Gasteiger charge is 2.19. The lowest BCUT2D eigenvalue weighted by atomic mass is 10.2. The number of nitrogens with two attached hydrogens (primary N) is 1. The van der Waals surface area contributed by atoms with E-state index in [0.29, 0.717) is 29.5 Å². The Bertz CT molecular complexity index is 841. The Morgan fingerprint density at radius 2 is 2.08 bits per heavy atom. The summed E-state index contributed by atoms with van der Waals surface area (Å²) in [7, 11) is 1.95. The van der Waals surface area contributed by atoms with E-state index in [0.717, 1.165) is 6.42 Å². The summed E-state index contributed by atoms with van der Waals surface area (Å²) in [6, 6.07) is 7.90. The van der Waals surface area contributed by atoms with Gasteiger partial charge in [0, 0.05) is 16.8 Å². The first kappa shape index (κ1) is 16.2. The number of rotatable bonds is 6. The molecule has 6 nitrogen and oxygen atoms in total. The summed E-state index contributed by atoms with van der Waals surface area (Å²) in [5.74, 6) is 1.40. The second kappa shape index (κ2) is 6.84. The van der Waals surface area contributed by atoms with Gasteiger partial charge in [-0.2, -0.15) is 4.98 Å². The summed E-state index contributed by atoms with van der Waals surface area (Å²) >= 11 is 1.79. The molecule has 0 atom stereocenters. The molecule has 0 aliphatic carbocycles. The minimum Gasteiger partial charge on any atom is -0.463 e. The molecule has 3 heterocycles. The van der Waals surface area contributed by atoms with Crippen LogP contribution >= 0.6 is 11.3 Å². The molecule has 0 saturated heterocycles. The number of hydrogen-bond donors (Lipinski definition) is 1. The Labute approximate surface area is 144 Å². The maximum absolute atomic E-state index is 5.90. The lowest BCUT2D eigenvalue weighted by Crippen LogP contribution is -2.18. The van der Waals surface area contributed by atoms with Gasteiger partial charge in [0.05, 0.1) is 12.8 Å². The van der Waals surface area contributed by atoms with Gasteiger partial charge >= 0.3 is 0 Å². The van der Waals surface area contributed by atoms with Crippen molar-refractivity contribution < 1.29 is 4.42 Å². The maximum Gasteiger partial charge on any atom is 0.222 e. The number of nitrogens with zero attached hydrogens (tertiary/aromatic N) is 4. The van der Waals surface area contributed by atoms with Gasteiger partial charge in [0.15, 0.2) is 11.6 Å². The van der Waals surface area contributed by atoms with Crippen LogP contribution < -0.4 is 10.6 Å². The smallest absolute Gasteiger partial charge is 0.222 e. The zero-order valence-corrected chi connectivity index (χ0v) is 14.5. The van der Waals surface area contributed by atoms with E-state index in [1.165, 1.54) is 9.75 Å². The lowest BCUT2D eigenvalue weighted by Gasteiger charge is -2.20.